The van der Waals surface area contributed by atoms with Gasteiger partial charge < -0.3 is 9.19 Å². The van der Waals surface area contributed by atoms with Gasteiger partial charge >= 0.3 is 17.1 Å². The quantitative estimate of drug-likeness (QED) is 0.301. The van der Waals surface area contributed by atoms with Crippen LogP contribution in [0, 0.1) is 63.7 Å². The number of hydrogen-bond donors (Lipinski definition) is 0. The molecule has 0 unspecified atom stereocenters. The number of para-hydroxylation sites is 1. The van der Waals surface area contributed by atoms with E-state index in [4.69, 9.17) is 9.52 Å². The Balaban J connectivity index is 0.000000427. The zero-order chi connectivity index (χ0) is 21.5. The number of aliphatic imine (C=N–C) groups is 1. The predicted molar refractivity (Wildman–Crippen MR) is 131 cm³/mol. The molecular formula is C26H32FeN3OP+2. The van der Waals surface area contributed by atoms with Gasteiger partial charge in [0.1, 0.15) is 0 Å². The Morgan fingerprint density at radius 2 is 1.69 bits per heavy atom. The van der Waals surface area contributed by atoms with Crippen LogP contribution in [-0.2, 0) is 21.6 Å². The van der Waals surface area contributed by atoms with Gasteiger partial charge in [0, 0.05) is 37.0 Å². The molecule has 6 heteroatoms. The minimum absolute atomic E-state index is 0. The van der Waals surface area contributed by atoms with Crippen LogP contribution in [0.1, 0.15) is 26.7 Å². The van der Waals surface area contributed by atoms with E-state index in [1.165, 1.54) is 18.5 Å². The maximum absolute atomic E-state index is 6.52. The molecule has 32 heavy (non-hydrogen) atoms. The fraction of sp³-hybridized carbons (Fsp3) is 0.346. The van der Waals surface area contributed by atoms with Crippen molar-refractivity contribution >= 4 is 20.4 Å². The van der Waals surface area contributed by atoms with Gasteiger partial charge in [-0.2, -0.15) is 0 Å². The van der Waals surface area contributed by atoms with E-state index in [2.05, 4.69) is 66.4 Å². The fourth-order valence-corrected chi connectivity index (χ4v) is 6.32. The van der Waals surface area contributed by atoms with Crippen molar-refractivity contribution in [3.05, 3.63) is 94.0 Å². The van der Waals surface area contributed by atoms with Crippen molar-refractivity contribution in [3.63, 3.8) is 0 Å². The van der Waals surface area contributed by atoms with Gasteiger partial charge in [-0.3, -0.25) is 4.99 Å². The van der Waals surface area contributed by atoms with Crippen LogP contribution >= 0.6 is 8.45 Å². The molecular weight excluding hydrogens is 457 g/mol. The van der Waals surface area contributed by atoms with E-state index in [1.54, 1.807) is 0 Å². The summed E-state index contributed by atoms with van der Waals surface area (Å²) in [6.45, 7) is 7.14. The Morgan fingerprint density at radius 1 is 1.03 bits per heavy atom. The molecule has 0 aromatic heterocycles. The number of nitrogens with zero attached hydrogens (tertiary/aromatic N) is 3. The zero-order valence-electron chi connectivity index (χ0n) is 18.8. The summed E-state index contributed by atoms with van der Waals surface area (Å²) in [5.74, 6) is 1.15. The average molecular weight is 489 g/mol. The number of benzene rings is 1. The molecule has 2 saturated heterocycles. The molecule has 0 spiro atoms. The minimum Gasteiger partial charge on any atom is -0.324 e. The van der Waals surface area contributed by atoms with Gasteiger partial charge in [-0.15, -0.1) is 0 Å². The Bertz CT molecular complexity index is 684. The molecule has 1 aromatic carbocycles. The summed E-state index contributed by atoms with van der Waals surface area (Å²) in [6, 6.07) is 11.3. The van der Waals surface area contributed by atoms with E-state index in [0.717, 1.165) is 19.0 Å². The first kappa shape index (κ1) is 26.2. The van der Waals surface area contributed by atoms with E-state index < -0.39 is 8.45 Å². The molecule has 0 N–H and O–H groups in total. The molecule has 168 valence electrons. The topological polar surface area (TPSA) is 28.1 Å². The number of rotatable bonds is 6. The van der Waals surface area contributed by atoms with E-state index >= 15 is 0 Å². The molecule has 0 bridgehead atoms. The summed E-state index contributed by atoms with van der Waals surface area (Å²) < 4.78 is 11.6. The van der Waals surface area contributed by atoms with Crippen LogP contribution in [0.5, 0.6) is 0 Å². The van der Waals surface area contributed by atoms with E-state index in [9.17, 15) is 0 Å². The second-order valence-electron chi connectivity index (χ2n) is 8.65. The molecule has 2 saturated carbocycles. The summed E-state index contributed by atoms with van der Waals surface area (Å²) in [4.78, 5) is 4.77. The Kier molecular flexibility index (Phi) is 10.5. The first-order valence-electron chi connectivity index (χ1n) is 11.1. The molecule has 2 atom stereocenters. The van der Waals surface area contributed by atoms with Gasteiger partial charge in [0.15, 0.2) is 0 Å². The third-order valence-electron chi connectivity index (χ3n) is 5.55. The molecule has 2 aliphatic carbocycles. The predicted octanol–water partition coefficient (Wildman–Crippen LogP) is 5.49. The van der Waals surface area contributed by atoms with E-state index in [1.807, 2.05) is 51.2 Å². The normalized spacial score (nSPS) is 26.2. The van der Waals surface area contributed by atoms with Crippen molar-refractivity contribution in [2.24, 2.45) is 4.99 Å². The SMILES string of the molecule is CC(C)(CO[P@]1N(c2ccccc2)C[C@@H]2CCCN21)N=C[C]1[CH][CH][CH][CH]1.[CH]1[CH][CH][CH][CH]1.[Fe+2]. The summed E-state index contributed by atoms with van der Waals surface area (Å²) in [6.07, 6.45) is 22.8. The fourth-order valence-electron chi connectivity index (χ4n) is 3.89. The van der Waals surface area contributed by atoms with Crippen LogP contribution < -0.4 is 4.67 Å². The molecule has 2 heterocycles. The molecule has 2 aliphatic heterocycles. The van der Waals surface area contributed by atoms with Crippen LogP contribution in [-0.4, -0.2) is 42.2 Å². The molecule has 4 fully saturated rings. The van der Waals surface area contributed by atoms with Crippen molar-refractivity contribution in [2.75, 3.05) is 24.4 Å². The van der Waals surface area contributed by atoms with Crippen LogP contribution in [0.15, 0.2) is 35.3 Å². The van der Waals surface area contributed by atoms with Gasteiger partial charge in [-0.25, -0.2) is 4.67 Å². The second-order valence-corrected chi connectivity index (χ2v) is 10.4. The average Bonchev–Trinajstić information content (AvgIpc) is 3.58. The first-order valence-corrected chi connectivity index (χ1v) is 12.2. The van der Waals surface area contributed by atoms with E-state index in [-0.39, 0.29) is 22.6 Å². The standard InChI is InChI=1S/C21H27N3OP.C5H5.Fe/c1-21(2,22-15-18-9-6-7-10-18)17-25-26-23-14-8-13-20(23)16-24(26)19-11-4-3-5-12-19;1-2-4-5-3-1;/h3-7,9-12,15,20H,8,13-14,16-17H2,1-2H3;1-5H;/q;;+2/t20-,26-;;/m0../s1. The maximum atomic E-state index is 6.52. The first-order chi connectivity index (χ1) is 15.1. The van der Waals surface area contributed by atoms with Crippen molar-refractivity contribution in [2.45, 2.75) is 38.3 Å². The van der Waals surface area contributed by atoms with Crippen molar-refractivity contribution in [1.82, 2.24) is 4.67 Å². The third kappa shape index (κ3) is 7.28. The molecule has 5 rings (SSSR count). The number of fused-ring (bicyclic) bond motifs is 1. The number of anilines is 1. The van der Waals surface area contributed by atoms with Crippen molar-refractivity contribution in [1.29, 1.82) is 0 Å². The second kappa shape index (κ2) is 12.9. The summed E-state index contributed by atoms with van der Waals surface area (Å²) in [5.41, 5.74) is 1.03. The minimum atomic E-state index is -0.752. The van der Waals surface area contributed by atoms with Crippen LogP contribution in [0.4, 0.5) is 5.69 Å². The largest absolute Gasteiger partial charge is 2.00 e. The Hall–Kier alpha value is -0.441. The van der Waals surface area contributed by atoms with Crippen molar-refractivity contribution in [3.8, 4) is 0 Å². The summed E-state index contributed by atoms with van der Waals surface area (Å²) in [5, 5.41) is 0. The van der Waals surface area contributed by atoms with Crippen molar-refractivity contribution < 1.29 is 21.6 Å². The summed E-state index contributed by atoms with van der Waals surface area (Å²) in [7, 11) is -0.752. The molecule has 4 nitrogen and oxygen atoms in total. The van der Waals surface area contributed by atoms with Crippen LogP contribution in [0.3, 0.4) is 0 Å². The van der Waals surface area contributed by atoms with Gasteiger partial charge in [-0.1, -0.05) is 18.2 Å². The molecule has 0 amide bonds. The van der Waals surface area contributed by atoms with Gasteiger partial charge in [0.25, 0.3) is 0 Å². The monoisotopic (exact) mass is 489 g/mol. The van der Waals surface area contributed by atoms with Gasteiger partial charge in [0.2, 0.25) is 8.45 Å². The van der Waals surface area contributed by atoms with Crippen LogP contribution in [0.2, 0.25) is 0 Å². The van der Waals surface area contributed by atoms with Gasteiger partial charge in [-0.05, 0) is 96.6 Å². The van der Waals surface area contributed by atoms with Crippen LogP contribution in [0.25, 0.3) is 0 Å². The Labute approximate surface area is 208 Å². The molecule has 1 aromatic rings. The zero-order valence-corrected chi connectivity index (χ0v) is 20.8. The summed E-state index contributed by atoms with van der Waals surface area (Å²) >= 11 is 0. The van der Waals surface area contributed by atoms with Gasteiger partial charge in [0.05, 0.1) is 12.1 Å². The van der Waals surface area contributed by atoms with E-state index in [0.29, 0.717) is 12.6 Å². The number of hydrogen-bond acceptors (Lipinski definition) is 4. The molecule has 4 aliphatic rings. The smallest absolute Gasteiger partial charge is 0.324 e. The third-order valence-corrected chi connectivity index (χ3v) is 7.68. The maximum Gasteiger partial charge on any atom is 2.00 e. The molecule has 10 radical (unpaired) electrons. The Morgan fingerprint density at radius 3 is 2.34 bits per heavy atom.